The SMILES string of the molecule is C=C(C)CNC(N)=NCC(C)N1CCOCC1.I. The van der Waals surface area contributed by atoms with Crippen molar-refractivity contribution in [1.82, 2.24) is 10.2 Å². The van der Waals surface area contributed by atoms with E-state index in [1.165, 1.54) is 0 Å². The average Bonchev–Trinajstić information content (AvgIpc) is 2.34. The number of halogens is 1. The number of hydrogen-bond donors (Lipinski definition) is 2. The summed E-state index contributed by atoms with van der Waals surface area (Å²) < 4.78 is 5.32. The molecular weight excluding hydrogens is 343 g/mol. The lowest BCUT2D eigenvalue weighted by molar-refractivity contribution is 0.0220. The van der Waals surface area contributed by atoms with Crippen LogP contribution in [0.5, 0.6) is 0 Å². The van der Waals surface area contributed by atoms with E-state index in [2.05, 4.69) is 28.7 Å². The van der Waals surface area contributed by atoms with E-state index in [1.54, 1.807) is 0 Å². The molecule has 1 fully saturated rings. The molecule has 1 rings (SSSR count). The number of nitrogens with one attached hydrogen (secondary N) is 1. The molecule has 1 atom stereocenters. The van der Waals surface area contributed by atoms with Gasteiger partial charge in [-0.3, -0.25) is 9.89 Å². The van der Waals surface area contributed by atoms with Crippen LogP contribution < -0.4 is 11.1 Å². The highest BCUT2D eigenvalue weighted by atomic mass is 127. The Kier molecular flexibility index (Phi) is 9.39. The molecule has 0 aliphatic carbocycles. The summed E-state index contributed by atoms with van der Waals surface area (Å²) in [5.41, 5.74) is 6.80. The molecular formula is C12H25IN4O. The lowest BCUT2D eigenvalue weighted by Gasteiger charge is -2.31. The molecule has 5 nitrogen and oxygen atoms in total. The van der Waals surface area contributed by atoms with Crippen LogP contribution in [0.4, 0.5) is 0 Å². The van der Waals surface area contributed by atoms with Gasteiger partial charge >= 0.3 is 0 Å². The maximum Gasteiger partial charge on any atom is 0.188 e. The number of ether oxygens (including phenoxy) is 1. The van der Waals surface area contributed by atoms with Gasteiger partial charge in [-0.05, 0) is 13.8 Å². The smallest absolute Gasteiger partial charge is 0.188 e. The second-order valence-electron chi connectivity index (χ2n) is 4.53. The minimum Gasteiger partial charge on any atom is -0.379 e. The van der Waals surface area contributed by atoms with E-state index in [0.717, 1.165) is 38.4 Å². The number of guanidine groups is 1. The molecule has 6 heteroatoms. The Hall–Kier alpha value is -0.340. The van der Waals surface area contributed by atoms with Gasteiger partial charge in [0.1, 0.15) is 0 Å². The average molecular weight is 368 g/mol. The number of morpholine rings is 1. The standard InChI is InChI=1S/C12H24N4O.HI/c1-10(2)8-14-12(13)15-9-11(3)16-4-6-17-7-5-16;/h11H,1,4-9H2,2-3H3,(H3,13,14,15);1H. The minimum atomic E-state index is 0. The summed E-state index contributed by atoms with van der Waals surface area (Å²) in [5.74, 6) is 0.494. The van der Waals surface area contributed by atoms with Gasteiger partial charge in [-0.25, -0.2) is 0 Å². The minimum absolute atomic E-state index is 0. The van der Waals surface area contributed by atoms with Crippen LogP contribution in [0, 0.1) is 0 Å². The first-order valence-electron chi connectivity index (χ1n) is 6.09. The Morgan fingerprint density at radius 3 is 2.67 bits per heavy atom. The van der Waals surface area contributed by atoms with Crippen LogP contribution in [0.2, 0.25) is 0 Å². The maximum absolute atomic E-state index is 5.75. The summed E-state index contributed by atoms with van der Waals surface area (Å²) in [6.07, 6.45) is 0. The largest absolute Gasteiger partial charge is 0.379 e. The topological polar surface area (TPSA) is 62.9 Å². The van der Waals surface area contributed by atoms with E-state index in [1.807, 2.05) is 6.92 Å². The molecule has 0 aromatic carbocycles. The van der Waals surface area contributed by atoms with Crippen LogP contribution in [-0.2, 0) is 4.74 Å². The fraction of sp³-hybridized carbons (Fsp3) is 0.750. The predicted octanol–water partition coefficient (Wildman–Crippen LogP) is 0.805. The van der Waals surface area contributed by atoms with E-state index in [4.69, 9.17) is 10.5 Å². The van der Waals surface area contributed by atoms with Crippen LogP contribution in [0.1, 0.15) is 13.8 Å². The summed E-state index contributed by atoms with van der Waals surface area (Å²) in [7, 11) is 0. The lowest BCUT2D eigenvalue weighted by atomic mass is 10.2. The molecule has 1 aliphatic rings. The molecule has 1 heterocycles. The molecule has 0 radical (unpaired) electrons. The Balaban J connectivity index is 0.00000289. The Labute approximate surface area is 127 Å². The van der Waals surface area contributed by atoms with Crippen molar-refractivity contribution in [3.05, 3.63) is 12.2 Å². The van der Waals surface area contributed by atoms with Gasteiger partial charge in [0.15, 0.2) is 5.96 Å². The van der Waals surface area contributed by atoms with E-state index in [0.29, 0.717) is 18.5 Å². The molecule has 18 heavy (non-hydrogen) atoms. The third-order valence-electron chi connectivity index (χ3n) is 2.77. The highest BCUT2D eigenvalue weighted by Gasteiger charge is 2.16. The molecule has 0 amide bonds. The van der Waals surface area contributed by atoms with Crippen LogP contribution in [0.3, 0.4) is 0 Å². The number of nitrogens with zero attached hydrogens (tertiary/aromatic N) is 2. The second kappa shape index (κ2) is 9.57. The molecule has 0 aromatic rings. The van der Waals surface area contributed by atoms with Gasteiger partial charge in [0.25, 0.3) is 0 Å². The van der Waals surface area contributed by atoms with Crippen molar-refractivity contribution < 1.29 is 4.74 Å². The van der Waals surface area contributed by atoms with Crippen molar-refractivity contribution in [2.75, 3.05) is 39.4 Å². The number of rotatable bonds is 5. The summed E-state index contributed by atoms with van der Waals surface area (Å²) >= 11 is 0. The predicted molar refractivity (Wildman–Crippen MR) is 86.6 cm³/mol. The summed E-state index contributed by atoms with van der Waals surface area (Å²) in [6.45, 7) is 12.9. The highest BCUT2D eigenvalue weighted by molar-refractivity contribution is 14.0. The van der Waals surface area contributed by atoms with Crippen molar-refractivity contribution >= 4 is 29.9 Å². The van der Waals surface area contributed by atoms with Crippen LogP contribution in [-0.4, -0.2) is 56.3 Å². The molecule has 0 spiro atoms. The Bertz CT molecular complexity index is 277. The van der Waals surface area contributed by atoms with E-state index >= 15 is 0 Å². The van der Waals surface area contributed by atoms with Gasteiger partial charge < -0.3 is 15.8 Å². The molecule has 1 unspecified atom stereocenters. The zero-order chi connectivity index (χ0) is 12.7. The fourth-order valence-corrected chi connectivity index (χ4v) is 1.66. The van der Waals surface area contributed by atoms with E-state index in [9.17, 15) is 0 Å². The molecule has 1 saturated heterocycles. The third kappa shape index (κ3) is 7.17. The molecule has 0 bridgehead atoms. The van der Waals surface area contributed by atoms with Crippen molar-refractivity contribution in [1.29, 1.82) is 0 Å². The van der Waals surface area contributed by atoms with Crippen molar-refractivity contribution in [2.24, 2.45) is 10.7 Å². The Morgan fingerprint density at radius 2 is 2.11 bits per heavy atom. The highest BCUT2D eigenvalue weighted by Crippen LogP contribution is 2.03. The van der Waals surface area contributed by atoms with Crippen LogP contribution in [0.25, 0.3) is 0 Å². The third-order valence-corrected chi connectivity index (χ3v) is 2.77. The zero-order valence-electron chi connectivity index (χ0n) is 11.3. The molecule has 106 valence electrons. The van der Waals surface area contributed by atoms with Gasteiger partial charge in [-0.2, -0.15) is 0 Å². The van der Waals surface area contributed by atoms with Crippen molar-refractivity contribution in [3.8, 4) is 0 Å². The summed E-state index contributed by atoms with van der Waals surface area (Å²) in [6, 6.07) is 0.407. The van der Waals surface area contributed by atoms with Gasteiger partial charge in [0.2, 0.25) is 0 Å². The van der Waals surface area contributed by atoms with Crippen LogP contribution >= 0.6 is 24.0 Å². The first-order chi connectivity index (χ1) is 8.09. The van der Waals surface area contributed by atoms with Crippen molar-refractivity contribution in [2.45, 2.75) is 19.9 Å². The van der Waals surface area contributed by atoms with Crippen molar-refractivity contribution in [3.63, 3.8) is 0 Å². The summed E-state index contributed by atoms with van der Waals surface area (Å²) in [4.78, 5) is 6.70. The molecule has 3 N–H and O–H groups in total. The van der Waals surface area contributed by atoms with Gasteiger partial charge in [-0.1, -0.05) is 12.2 Å². The fourth-order valence-electron chi connectivity index (χ4n) is 1.66. The maximum atomic E-state index is 5.75. The zero-order valence-corrected chi connectivity index (χ0v) is 13.6. The lowest BCUT2D eigenvalue weighted by Crippen LogP contribution is -2.44. The second-order valence-corrected chi connectivity index (χ2v) is 4.53. The summed E-state index contributed by atoms with van der Waals surface area (Å²) in [5, 5.41) is 3.03. The van der Waals surface area contributed by atoms with E-state index in [-0.39, 0.29) is 24.0 Å². The number of aliphatic imine (C=N–C) groups is 1. The number of nitrogens with two attached hydrogens (primary N) is 1. The molecule has 0 saturated carbocycles. The van der Waals surface area contributed by atoms with E-state index < -0.39 is 0 Å². The Morgan fingerprint density at radius 1 is 1.50 bits per heavy atom. The van der Waals surface area contributed by atoms with Gasteiger partial charge in [0.05, 0.1) is 19.8 Å². The van der Waals surface area contributed by atoms with Crippen LogP contribution in [0.15, 0.2) is 17.1 Å². The quantitative estimate of drug-likeness (QED) is 0.326. The first-order valence-corrected chi connectivity index (χ1v) is 6.09. The van der Waals surface area contributed by atoms with Gasteiger partial charge in [-0.15, -0.1) is 24.0 Å². The van der Waals surface area contributed by atoms with Gasteiger partial charge in [0, 0.05) is 25.7 Å². The molecule has 0 aromatic heterocycles. The number of hydrogen-bond acceptors (Lipinski definition) is 3. The molecule has 1 aliphatic heterocycles. The normalized spacial score (nSPS) is 18.9. The monoisotopic (exact) mass is 368 g/mol. The first kappa shape index (κ1) is 17.7.